The van der Waals surface area contributed by atoms with Crippen molar-refractivity contribution in [3.8, 4) is 5.75 Å². The number of alkyl halides is 2. The fourth-order valence-electron chi connectivity index (χ4n) is 2.07. The summed E-state index contributed by atoms with van der Waals surface area (Å²) in [6.45, 7) is 1.71. The molecule has 0 radical (unpaired) electrons. The number of hydrogen-bond donors (Lipinski definition) is 1. The van der Waals surface area contributed by atoms with Gasteiger partial charge in [0.25, 0.3) is 0 Å². The second-order valence-corrected chi connectivity index (χ2v) is 5.15. The standard InChI is InChI=1S/C14H15Cl2NO3/c15-5-7-17(8-6-16)9-11-12(18)3-1-10-2-4-13(19)20-14(10)11/h1-4,18H,5-9H2. The number of halogens is 2. The van der Waals surface area contributed by atoms with Gasteiger partial charge in [-0.3, -0.25) is 4.90 Å². The minimum atomic E-state index is -0.439. The maximum Gasteiger partial charge on any atom is 0.336 e. The Morgan fingerprint density at radius 1 is 1.10 bits per heavy atom. The van der Waals surface area contributed by atoms with E-state index < -0.39 is 5.63 Å². The van der Waals surface area contributed by atoms with E-state index in [0.29, 0.717) is 42.5 Å². The summed E-state index contributed by atoms with van der Waals surface area (Å²) >= 11 is 11.5. The van der Waals surface area contributed by atoms with Gasteiger partial charge in [-0.2, -0.15) is 0 Å². The van der Waals surface area contributed by atoms with E-state index in [2.05, 4.69) is 0 Å². The molecule has 6 heteroatoms. The first-order valence-electron chi connectivity index (χ1n) is 6.24. The maximum atomic E-state index is 11.4. The van der Waals surface area contributed by atoms with E-state index >= 15 is 0 Å². The van der Waals surface area contributed by atoms with Gasteiger partial charge in [-0.15, -0.1) is 23.2 Å². The Morgan fingerprint density at radius 2 is 1.75 bits per heavy atom. The van der Waals surface area contributed by atoms with Crippen molar-refractivity contribution in [2.75, 3.05) is 24.8 Å². The molecule has 1 N–H and O–H groups in total. The number of aromatic hydroxyl groups is 1. The van der Waals surface area contributed by atoms with Crippen molar-refractivity contribution in [2.24, 2.45) is 0 Å². The number of fused-ring (bicyclic) bond motifs is 1. The highest BCUT2D eigenvalue weighted by atomic mass is 35.5. The molecule has 0 fully saturated rings. The number of hydrogen-bond acceptors (Lipinski definition) is 4. The quantitative estimate of drug-likeness (QED) is 0.658. The fourth-order valence-corrected chi connectivity index (χ4v) is 2.54. The SMILES string of the molecule is O=c1ccc2ccc(O)c(CN(CCCl)CCCl)c2o1. The van der Waals surface area contributed by atoms with Crippen molar-refractivity contribution in [2.45, 2.75) is 6.54 Å². The topological polar surface area (TPSA) is 53.7 Å². The normalized spacial score (nSPS) is 11.3. The van der Waals surface area contributed by atoms with Crippen LogP contribution in [0, 0.1) is 0 Å². The summed E-state index contributed by atoms with van der Waals surface area (Å²) < 4.78 is 5.22. The smallest absolute Gasteiger partial charge is 0.336 e. The molecule has 1 heterocycles. The molecule has 0 aliphatic carbocycles. The molecule has 2 rings (SSSR count). The second-order valence-electron chi connectivity index (χ2n) is 4.39. The predicted molar refractivity (Wildman–Crippen MR) is 80.9 cm³/mol. The number of phenols is 1. The molecule has 0 atom stereocenters. The van der Waals surface area contributed by atoms with Crippen LogP contribution in [0.25, 0.3) is 11.0 Å². The Kier molecular flexibility index (Phi) is 5.29. The van der Waals surface area contributed by atoms with Crippen LogP contribution in [0.15, 0.2) is 33.5 Å². The van der Waals surface area contributed by atoms with Gasteiger partial charge in [-0.05, 0) is 18.2 Å². The molecule has 0 bridgehead atoms. The number of rotatable bonds is 6. The molecular formula is C14H15Cl2NO3. The first-order valence-corrected chi connectivity index (χ1v) is 7.31. The minimum Gasteiger partial charge on any atom is -0.507 e. The van der Waals surface area contributed by atoms with Gasteiger partial charge >= 0.3 is 5.63 Å². The van der Waals surface area contributed by atoms with Crippen LogP contribution < -0.4 is 5.63 Å². The second kappa shape index (κ2) is 6.97. The van der Waals surface area contributed by atoms with E-state index in [1.54, 1.807) is 18.2 Å². The summed E-state index contributed by atoms with van der Waals surface area (Å²) in [6.07, 6.45) is 0. The van der Waals surface area contributed by atoms with Gasteiger partial charge in [0.2, 0.25) is 0 Å². The van der Waals surface area contributed by atoms with Crippen LogP contribution in [0.4, 0.5) is 0 Å². The lowest BCUT2D eigenvalue weighted by Gasteiger charge is -2.20. The molecule has 0 saturated carbocycles. The van der Waals surface area contributed by atoms with Crippen molar-refractivity contribution >= 4 is 34.2 Å². The summed E-state index contributed by atoms with van der Waals surface area (Å²) in [5.74, 6) is 1.03. The van der Waals surface area contributed by atoms with Crippen molar-refractivity contribution in [1.29, 1.82) is 0 Å². The molecule has 0 amide bonds. The Bertz CT molecular complexity index is 636. The van der Waals surface area contributed by atoms with E-state index in [1.807, 2.05) is 4.90 Å². The Balaban J connectivity index is 2.43. The van der Waals surface area contributed by atoms with Crippen LogP contribution in [0.2, 0.25) is 0 Å². The summed E-state index contributed by atoms with van der Waals surface area (Å²) in [5.41, 5.74) is 0.549. The predicted octanol–water partition coefficient (Wildman–Crippen LogP) is 2.78. The summed E-state index contributed by atoms with van der Waals surface area (Å²) in [6, 6.07) is 6.35. The third-order valence-electron chi connectivity index (χ3n) is 3.05. The molecule has 4 nitrogen and oxygen atoms in total. The molecule has 0 aliphatic heterocycles. The van der Waals surface area contributed by atoms with Gasteiger partial charge in [0.1, 0.15) is 11.3 Å². The summed E-state index contributed by atoms with van der Waals surface area (Å²) in [5, 5.41) is 10.8. The van der Waals surface area contributed by atoms with Crippen LogP contribution in [-0.4, -0.2) is 34.9 Å². The van der Waals surface area contributed by atoms with Gasteiger partial charge in [0.05, 0.1) is 5.56 Å². The molecule has 0 saturated heterocycles. The lowest BCUT2D eigenvalue weighted by molar-refractivity contribution is 0.293. The highest BCUT2D eigenvalue weighted by molar-refractivity contribution is 6.18. The first-order chi connectivity index (χ1) is 9.65. The van der Waals surface area contributed by atoms with Crippen LogP contribution in [0.5, 0.6) is 5.75 Å². The molecule has 1 aromatic heterocycles. The third kappa shape index (κ3) is 3.45. The summed E-state index contributed by atoms with van der Waals surface area (Å²) in [4.78, 5) is 13.4. The van der Waals surface area contributed by atoms with Crippen LogP contribution in [0.1, 0.15) is 5.56 Å². The van der Waals surface area contributed by atoms with E-state index in [4.69, 9.17) is 27.6 Å². The molecule has 0 spiro atoms. The number of benzene rings is 1. The lowest BCUT2D eigenvalue weighted by atomic mass is 10.1. The van der Waals surface area contributed by atoms with Gasteiger partial charge in [-0.25, -0.2) is 4.79 Å². The van der Waals surface area contributed by atoms with Crippen molar-refractivity contribution in [3.63, 3.8) is 0 Å². The minimum absolute atomic E-state index is 0.0981. The zero-order valence-electron chi connectivity index (χ0n) is 10.8. The molecule has 2 aromatic rings. The van der Waals surface area contributed by atoms with Crippen LogP contribution in [0.3, 0.4) is 0 Å². The fraction of sp³-hybridized carbons (Fsp3) is 0.357. The van der Waals surface area contributed by atoms with Crippen molar-refractivity contribution in [1.82, 2.24) is 4.90 Å². The van der Waals surface area contributed by atoms with Crippen LogP contribution in [-0.2, 0) is 6.54 Å². The first kappa shape index (κ1) is 15.2. The number of nitrogens with zero attached hydrogens (tertiary/aromatic N) is 1. The van der Waals surface area contributed by atoms with Crippen molar-refractivity contribution < 1.29 is 9.52 Å². The van der Waals surface area contributed by atoms with Gasteiger partial charge < -0.3 is 9.52 Å². The maximum absolute atomic E-state index is 11.4. The molecule has 0 aliphatic rings. The molecule has 108 valence electrons. The Labute approximate surface area is 126 Å². The third-order valence-corrected chi connectivity index (χ3v) is 3.39. The Morgan fingerprint density at radius 3 is 2.40 bits per heavy atom. The monoisotopic (exact) mass is 315 g/mol. The van der Waals surface area contributed by atoms with Gasteiger partial charge in [0, 0.05) is 42.8 Å². The Hall–Kier alpha value is -1.23. The lowest BCUT2D eigenvalue weighted by Crippen LogP contribution is -2.27. The summed E-state index contributed by atoms with van der Waals surface area (Å²) in [7, 11) is 0. The molecule has 20 heavy (non-hydrogen) atoms. The van der Waals surface area contributed by atoms with E-state index in [-0.39, 0.29) is 5.75 Å². The number of phenolic OH excluding ortho intramolecular Hbond substituents is 1. The van der Waals surface area contributed by atoms with Crippen LogP contribution >= 0.6 is 23.2 Å². The average Bonchev–Trinajstić information content (AvgIpc) is 2.42. The van der Waals surface area contributed by atoms with E-state index in [0.717, 1.165) is 5.39 Å². The molecule has 0 unspecified atom stereocenters. The zero-order valence-corrected chi connectivity index (χ0v) is 12.3. The van der Waals surface area contributed by atoms with E-state index in [1.165, 1.54) is 6.07 Å². The largest absolute Gasteiger partial charge is 0.507 e. The average molecular weight is 316 g/mol. The van der Waals surface area contributed by atoms with Gasteiger partial charge in [-0.1, -0.05) is 0 Å². The van der Waals surface area contributed by atoms with E-state index in [9.17, 15) is 9.90 Å². The van der Waals surface area contributed by atoms with Gasteiger partial charge in [0.15, 0.2) is 0 Å². The highest BCUT2D eigenvalue weighted by Gasteiger charge is 2.14. The van der Waals surface area contributed by atoms with Crippen molar-refractivity contribution in [3.05, 3.63) is 40.2 Å². The highest BCUT2D eigenvalue weighted by Crippen LogP contribution is 2.27. The molecule has 1 aromatic carbocycles. The molecular weight excluding hydrogens is 301 g/mol. The zero-order chi connectivity index (χ0) is 14.5.